The maximum atomic E-state index is 13.7. The van der Waals surface area contributed by atoms with E-state index in [1.165, 1.54) is 6.07 Å². The Hall–Kier alpha value is -2.87. The number of benzene rings is 2. The molecule has 0 saturated heterocycles. The lowest BCUT2D eigenvalue weighted by Crippen LogP contribution is -2.19. The summed E-state index contributed by atoms with van der Waals surface area (Å²) in [6, 6.07) is 12.2. The largest absolute Gasteiger partial charge is 0.377 e. The highest BCUT2D eigenvalue weighted by Crippen LogP contribution is 2.28. The molecule has 0 aliphatic carbocycles. The van der Waals surface area contributed by atoms with Crippen LogP contribution in [-0.2, 0) is 11.2 Å². The summed E-state index contributed by atoms with van der Waals surface area (Å²) in [4.78, 5) is 11.4. The summed E-state index contributed by atoms with van der Waals surface area (Å²) >= 11 is 0. The standard InChI is InChI=1S/C18H16FN3O/c1-11(21-17-4-2-3-15(19)14(17)10-20)12-5-7-16-13(9-12)6-8-18(23)22-16/h2-5,7,9,11,21H,6,8H2,1H3,(H,22,23)/t11-/m0/s1. The Balaban J connectivity index is 1.85. The predicted molar refractivity (Wildman–Crippen MR) is 86.5 cm³/mol. The van der Waals surface area contributed by atoms with Gasteiger partial charge >= 0.3 is 0 Å². The maximum Gasteiger partial charge on any atom is 0.224 e. The molecular weight excluding hydrogens is 293 g/mol. The Bertz CT molecular complexity index is 810. The van der Waals surface area contributed by atoms with Crippen LogP contribution in [0.3, 0.4) is 0 Å². The van der Waals surface area contributed by atoms with E-state index in [9.17, 15) is 9.18 Å². The van der Waals surface area contributed by atoms with Crippen LogP contribution in [0.4, 0.5) is 15.8 Å². The number of fused-ring (bicyclic) bond motifs is 1. The number of hydrogen-bond acceptors (Lipinski definition) is 3. The van der Waals surface area contributed by atoms with Gasteiger partial charge in [-0.1, -0.05) is 18.2 Å². The minimum Gasteiger partial charge on any atom is -0.377 e. The van der Waals surface area contributed by atoms with Crippen molar-refractivity contribution in [3.63, 3.8) is 0 Å². The molecule has 0 unspecified atom stereocenters. The van der Waals surface area contributed by atoms with Crippen molar-refractivity contribution in [2.24, 2.45) is 0 Å². The van der Waals surface area contributed by atoms with Crippen LogP contribution in [0.2, 0.25) is 0 Å². The van der Waals surface area contributed by atoms with Crippen LogP contribution >= 0.6 is 0 Å². The first-order valence-corrected chi connectivity index (χ1v) is 7.46. The van der Waals surface area contributed by atoms with Crippen LogP contribution in [-0.4, -0.2) is 5.91 Å². The van der Waals surface area contributed by atoms with E-state index in [4.69, 9.17) is 5.26 Å². The number of carbonyl (C=O) groups is 1. The number of hydrogen-bond donors (Lipinski definition) is 2. The smallest absolute Gasteiger partial charge is 0.224 e. The first kappa shape index (κ1) is 15.0. The molecule has 1 heterocycles. The van der Waals surface area contributed by atoms with Gasteiger partial charge in [-0.2, -0.15) is 5.26 Å². The second-order valence-corrected chi connectivity index (χ2v) is 5.60. The van der Waals surface area contributed by atoms with Gasteiger partial charge in [0, 0.05) is 18.2 Å². The molecule has 1 amide bonds. The Morgan fingerprint density at radius 1 is 1.30 bits per heavy atom. The number of nitrogens with zero attached hydrogens (tertiary/aromatic N) is 1. The third kappa shape index (κ3) is 3.02. The zero-order valence-electron chi connectivity index (χ0n) is 12.7. The van der Waals surface area contributed by atoms with E-state index in [1.54, 1.807) is 12.1 Å². The number of rotatable bonds is 3. The van der Waals surface area contributed by atoms with Gasteiger partial charge in [0.25, 0.3) is 0 Å². The summed E-state index contributed by atoms with van der Waals surface area (Å²) in [5, 5.41) is 15.1. The summed E-state index contributed by atoms with van der Waals surface area (Å²) in [7, 11) is 0. The highest BCUT2D eigenvalue weighted by atomic mass is 19.1. The molecule has 0 bridgehead atoms. The number of carbonyl (C=O) groups excluding carboxylic acids is 1. The highest BCUT2D eigenvalue weighted by molar-refractivity contribution is 5.93. The fraction of sp³-hybridized carbons (Fsp3) is 0.222. The molecule has 5 heteroatoms. The number of nitrogens with one attached hydrogen (secondary N) is 2. The van der Waals surface area contributed by atoms with Crippen molar-refractivity contribution in [1.29, 1.82) is 5.26 Å². The van der Waals surface area contributed by atoms with Crippen molar-refractivity contribution in [2.45, 2.75) is 25.8 Å². The highest BCUT2D eigenvalue weighted by Gasteiger charge is 2.17. The van der Waals surface area contributed by atoms with Crippen LogP contribution in [0.15, 0.2) is 36.4 Å². The van der Waals surface area contributed by atoms with E-state index >= 15 is 0 Å². The number of amides is 1. The van der Waals surface area contributed by atoms with Gasteiger partial charge < -0.3 is 10.6 Å². The lowest BCUT2D eigenvalue weighted by molar-refractivity contribution is -0.116. The molecule has 1 aliphatic heterocycles. The zero-order valence-corrected chi connectivity index (χ0v) is 12.7. The summed E-state index contributed by atoms with van der Waals surface area (Å²) in [5.74, 6) is -0.493. The van der Waals surface area contributed by atoms with E-state index in [-0.39, 0.29) is 17.5 Å². The predicted octanol–water partition coefficient (Wildman–Crippen LogP) is 3.76. The summed E-state index contributed by atoms with van der Waals surface area (Å²) < 4.78 is 13.7. The third-order valence-corrected chi connectivity index (χ3v) is 4.02. The Labute approximate surface area is 133 Å². The quantitative estimate of drug-likeness (QED) is 0.907. The Morgan fingerprint density at radius 2 is 2.13 bits per heavy atom. The molecule has 3 rings (SSSR count). The monoisotopic (exact) mass is 309 g/mol. The molecule has 0 aromatic heterocycles. The Morgan fingerprint density at radius 3 is 2.91 bits per heavy atom. The number of halogens is 1. The second kappa shape index (κ2) is 6.09. The fourth-order valence-electron chi connectivity index (χ4n) is 2.75. The van der Waals surface area contributed by atoms with Crippen molar-refractivity contribution in [3.05, 3.63) is 58.9 Å². The minimum atomic E-state index is -0.530. The molecule has 1 aliphatic rings. The van der Waals surface area contributed by atoms with Crippen molar-refractivity contribution in [3.8, 4) is 6.07 Å². The average molecular weight is 309 g/mol. The molecule has 116 valence electrons. The summed E-state index contributed by atoms with van der Waals surface area (Å²) in [5.41, 5.74) is 3.46. The van der Waals surface area contributed by atoms with E-state index in [0.717, 1.165) is 16.8 Å². The van der Waals surface area contributed by atoms with Crippen LogP contribution < -0.4 is 10.6 Å². The zero-order chi connectivity index (χ0) is 16.4. The lowest BCUT2D eigenvalue weighted by atomic mass is 9.97. The molecule has 2 aromatic rings. The third-order valence-electron chi connectivity index (χ3n) is 4.02. The molecular formula is C18H16FN3O. The first-order chi connectivity index (χ1) is 11.1. The van der Waals surface area contributed by atoms with Crippen LogP contribution in [0.5, 0.6) is 0 Å². The van der Waals surface area contributed by atoms with E-state index in [1.807, 2.05) is 31.2 Å². The molecule has 0 saturated carbocycles. The van der Waals surface area contributed by atoms with Gasteiger partial charge in [0.1, 0.15) is 17.4 Å². The van der Waals surface area contributed by atoms with E-state index in [2.05, 4.69) is 10.6 Å². The van der Waals surface area contributed by atoms with Crippen LogP contribution in [0.1, 0.15) is 36.1 Å². The van der Waals surface area contributed by atoms with Crippen molar-refractivity contribution >= 4 is 17.3 Å². The molecule has 0 radical (unpaired) electrons. The van der Waals surface area contributed by atoms with E-state index in [0.29, 0.717) is 18.5 Å². The maximum absolute atomic E-state index is 13.7. The van der Waals surface area contributed by atoms with Gasteiger partial charge in [0.15, 0.2) is 0 Å². The minimum absolute atomic E-state index is 0.0181. The number of anilines is 2. The second-order valence-electron chi connectivity index (χ2n) is 5.60. The lowest BCUT2D eigenvalue weighted by Gasteiger charge is -2.21. The van der Waals surface area contributed by atoms with Gasteiger partial charge in [-0.25, -0.2) is 4.39 Å². The van der Waals surface area contributed by atoms with Crippen molar-refractivity contribution in [1.82, 2.24) is 0 Å². The van der Waals surface area contributed by atoms with E-state index < -0.39 is 5.82 Å². The van der Waals surface area contributed by atoms with Crippen LogP contribution in [0.25, 0.3) is 0 Å². The number of nitriles is 1. The number of aryl methyl sites for hydroxylation is 1. The van der Waals surface area contributed by atoms with Crippen molar-refractivity contribution < 1.29 is 9.18 Å². The van der Waals surface area contributed by atoms with Crippen molar-refractivity contribution in [2.75, 3.05) is 10.6 Å². The molecule has 2 aromatic carbocycles. The normalized spacial score (nSPS) is 14.4. The SMILES string of the molecule is C[C@H](Nc1cccc(F)c1C#N)c1ccc2c(c1)CCC(=O)N2. The molecule has 1 atom stereocenters. The Kier molecular flexibility index (Phi) is 3.98. The fourth-order valence-corrected chi connectivity index (χ4v) is 2.75. The van der Waals surface area contributed by atoms with Gasteiger partial charge in [-0.15, -0.1) is 0 Å². The van der Waals surface area contributed by atoms with Crippen LogP contribution in [0, 0.1) is 17.1 Å². The molecule has 0 spiro atoms. The molecule has 2 N–H and O–H groups in total. The molecule has 23 heavy (non-hydrogen) atoms. The molecule has 0 fully saturated rings. The average Bonchev–Trinajstić information content (AvgIpc) is 2.54. The molecule has 4 nitrogen and oxygen atoms in total. The summed E-state index contributed by atoms with van der Waals surface area (Å²) in [6.45, 7) is 1.95. The van der Waals surface area contributed by atoms with Gasteiger partial charge in [-0.3, -0.25) is 4.79 Å². The summed E-state index contributed by atoms with van der Waals surface area (Å²) in [6.07, 6.45) is 1.20. The van der Waals surface area contributed by atoms with Gasteiger partial charge in [0.2, 0.25) is 5.91 Å². The van der Waals surface area contributed by atoms with Gasteiger partial charge in [-0.05, 0) is 42.7 Å². The first-order valence-electron chi connectivity index (χ1n) is 7.46. The topological polar surface area (TPSA) is 64.9 Å². The van der Waals surface area contributed by atoms with Gasteiger partial charge in [0.05, 0.1) is 5.69 Å².